The van der Waals surface area contributed by atoms with E-state index in [9.17, 15) is 36.2 Å². The third-order valence-electron chi connectivity index (χ3n) is 2.79. The molecule has 12 heteroatoms. The Labute approximate surface area is 223 Å². The van der Waals surface area contributed by atoms with Gasteiger partial charge in [-0.25, -0.2) is 16.8 Å². The number of aromatic hydroxyl groups is 2. The molecule has 2 N–H and O–H groups in total. The van der Waals surface area contributed by atoms with Crippen molar-refractivity contribution in [2.75, 3.05) is 0 Å². The summed E-state index contributed by atoms with van der Waals surface area (Å²) in [7, 11) is -9.88. The molecule has 0 aliphatic rings. The number of phenolic OH excluding ortho intramolecular Hbond substituents is 2. The maximum absolute atomic E-state index is 11.0. The van der Waals surface area contributed by atoms with Crippen LogP contribution in [0.5, 0.6) is 11.5 Å². The summed E-state index contributed by atoms with van der Waals surface area (Å²) in [5.74, 6) is -1.51. The molecule has 118 valence electrons. The van der Waals surface area contributed by atoms with E-state index in [-0.39, 0.29) is 114 Å². The molecule has 0 saturated heterocycles. The summed E-state index contributed by atoms with van der Waals surface area (Å²) in [6.45, 7) is 0. The van der Waals surface area contributed by atoms with Crippen molar-refractivity contribution >= 4 is 20.2 Å². The van der Waals surface area contributed by atoms with Gasteiger partial charge < -0.3 is 19.3 Å². The zero-order chi connectivity index (χ0) is 16.7. The van der Waals surface area contributed by atoms with Crippen molar-refractivity contribution < 1.29 is 139 Å². The molecule has 0 saturated carbocycles. The average Bonchev–Trinajstić information content (AvgIpc) is 2.37. The molecule has 0 amide bonds. The summed E-state index contributed by atoms with van der Waals surface area (Å²) in [6, 6.07) is 6.00. The molecule has 24 heavy (non-hydrogen) atoms. The Morgan fingerprint density at radius 3 is 1.21 bits per heavy atom. The first-order valence-electron chi connectivity index (χ1n) is 5.58. The molecular weight excluding hydrogens is 414 g/mol. The molecule has 0 spiro atoms. The van der Waals surface area contributed by atoms with E-state index in [1.165, 1.54) is 12.1 Å². The van der Waals surface area contributed by atoms with E-state index in [4.69, 9.17) is 0 Å². The smallest absolute Gasteiger partial charge is 0.744 e. The van der Waals surface area contributed by atoms with Gasteiger partial charge in [0.25, 0.3) is 0 Å². The number of benzene rings is 2. The number of phenols is 2. The van der Waals surface area contributed by atoms with Crippen LogP contribution in [0.15, 0.2) is 46.2 Å². The molecule has 0 aliphatic carbocycles. The summed E-state index contributed by atoms with van der Waals surface area (Å²) in [5, 5.41) is 18.8. The Morgan fingerprint density at radius 1 is 0.667 bits per heavy atom. The molecule has 0 unspecified atom stereocenters. The van der Waals surface area contributed by atoms with E-state index in [0.717, 1.165) is 24.3 Å². The fourth-order valence-electron chi connectivity index (χ4n) is 1.79. The monoisotopic (exact) mass is 422 g/mol. The van der Waals surface area contributed by atoms with Gasteiger partial charge in [0, 0.05) is 0 Å². The van der Waals surface area contributed by atoms with Crippen molar-refractivity contribution in [1.82, 2.24) is 0 Å². The van der Waals surface area contributed by atoms with Crippen LogP contribution < -0.4 is 103 Å². The van der Waals surface area contributed by atoms with Crippen molar-refractivity contribution in [3.63, 3.8) is 0 Å². The van der Waals surface area contributed by atoms with Gasteiger partial charge in [0.15, 0.2) is 0 Å². The Balaban J connectivity index is 0.00000264. The van der Waals surface area contributed by atoms with Gasteiger partial charge in [0.2, 0.25) is 0 Å². The van der Waals surface area contributed by atoms with E-state index < -0.39 is 41.5 Å². The molecule has 0 aliphatic heterocycles. The van der Waals surface area contributed by atoms with Crippen LogP contribution in [-0.4, -0.2) is 36.2 Å². The van der Waals surface area contributed by atoms with Gasteiger partial charge in [-0.2, -0.15) is 0 Å². The quantitative estimate of drug-likeness (QED) is 0.367. The molecule has 2 aromatic rings. The second-order valence-electron chi connectivity index (χ2n) is 4.27. The summed E-state index contributed by atoms with van der Waals surface area (Å²) in [5.41, 5.74) is 0.134. The Kier molecular flexibility index (Phi) is 9.81. The molecule has 0 aromatic heterocycles. The molecule has 0 radical (unpaired) electrons. The fraction of sp³-hybridized carbons (Fsp3) is 0. The maximum Gasteiger partial charge on any atom is 1.00 e. The fourth-order valence-corrected chi connectivity index (χ4v) is 2.98. The maximum atomic E-state index is 11.0. The predicted octanol–water partition coefficient (Wildman–Crippen LogP) is -5.42. The van der Waals surface area contributed by atoms with E-state index in [2.05, 4.69) is 0 Å². The topological polar surface area (TPSA) is 155 Å². The summed E-state index contributed by atoms with van der Waals surface area (Å²) < 4.78 is 66.1. The van der Waals surface area contributed by atoms with Gasteiger partial charge in [0.05, 0.1) is 9.79 Å². The van der Waals surface area contributed by atoms with Crippen molar-refractivity contribution in [2.24, 2.45) is 0 Å². The molecule has 0 fully saturated rings. The van der Waals surface area contributed by atoms with Crippen LogP contribution in [0.4, 0.5) is 0 Å². The predicted molar refractivity (Wildman–Crippen MR) is 71.1 cm³/mol. The second kappa shape index (κ2) is 9.37. The summed E-state index contributed by atoms with van der Waals surface area (Å²) in [4.78, 5) is -1.77. The van der Waals surface area contributed by atoms with E-state index in [1.54, 1.807) is 0 Å². The normalized spacial score (nSPS) is 11.2. The molecule has 0 bridgehead atoms. The first-order valence-corrected chi connectivity index (χ1v) is 8.40. The van der Waals surface area contributed by atoms with Crippen molar-refractivity contribution in [3.8, 4) is 22.6 Å². The third kappa shape index (κ3) is 6.09. The largest absolute Gasteiger partial charge is 1.00 e. The van der Waals surface area contributed by atoms with Crippen LogP contribution in [-0.2, 0) is 20.2 Å². The molecule has 2 rings (SSSR count). The van der Waals surface area contributed by atoms with Crippen LogP contribution in [0, 0.1) is 0 Å². The van der Waals surface area contributed by atoms with Gasteiger partial charge in [-0.3, -0.25) is 0 Å². The van der Waals surface area contributed by atoms with Crippen LogP contribution in [0.1, 0.15) is 0 Å². The molecule has 0 heterocycles. The van der Waals surface area contributed by atoms with Gasteiger partial charge in [0.1, 0.15) is 31.7 Å². The Bertz CT molecular complexity index is 876. The van der Waals surface area contributed by atoms with Gasteiger partial charge in [-0.15, -0.1) is 0 Å². The number of hydrogen-bond acceptors (Lipinski definition) is 8. The first kappa shape index (κ1) is 25.1. The van der Waals surface area contributed by atoms with E-state index in [1.807, 2.05) is 0 Å². The zero-order valence-electron chi connectivity index (χ0n) is 12.6. The standard InChI is InChI=1S/C12H10O8S2.2K/c13-9-3-1-7(5-11(9)21(15,16)17)8-2-4-10(14)12(6-8)22(18,19)20;;/h1-6,13-14H,(H,15,16,17)(H,18,19,20);;/q;2*+1/p-2. The first-order chi connectivity index (χ1) is 10.00. The van der Waals surface area contributed by atoms with Crippen LogP contribution in [0.3, 0.4) is 0 Å². The van der Waals surface area contributed by atoms with E-state index in [0.29, 0.717) is 0 Å². The van der Waals surface area contributed by atoms with Gasteiger partial charge in [-0.1, -0.05) is 12.1 Å². The number of hydrogen-bond donors (Lipinski definition) is 2. The SMILES string of the molecule is O=S(=O)([O-])c1cc(-c2ccc(O)c(S(=O)(=O)[O-])c2)ccc1O.[K+].[K+]. The van der Waals surface area contributed by atoms with Crippen LogP contribution in [0.2, 0.25) is 0 Å². The molecular formula is C12H8K2O8S2. The van der Waals surface area contributed by atoms with Crippen molar-refractivity contribution in [3.05, 3.63) is 36.4 Å². The van der Waals surface area contributed by atoms with Crippen LogP contribution >= 0.6 is 0 Å². The molecule has 0 atom stereocenters. The zero-order valence-corrected chi connectivity index (χ0v) is 20.5. The average molecular weight is 423 g/mol. The third-order valence-corrected chi connectivity index (χ3v) is 4.52. The number of rotatable bonds is 3. The van der Waals surface area contributed by atoms with Crippen LogP contribution in [0.25, 0.3) is 11.1 Å². The molecule has 8 nitrogen and oxygen atoms in total. The minimum absolute atomic E-state index is 0. The van der Waals surface area contributed by atoms with Crippen molar-refractivity contribution in [2.45, 2.75) is 9.79 Å². The Morgan fingerprint density at radius 2 is 0.958 bits per heavy atom. The molecule has 2 aromatic carbocycles. The minimum atomic E-state index is -4.94. The van der Waals surface area contributed by atoms with E-state index >= 15 is 0 Å². The van der Waals surface area contributed by atoms with Gasteiger partial charge in [-0.05, 0) is 35.4 Å². The second-order valence-corrected chi connectivity index (χ2v) is 6.97. The minimum Gasteiger partial charge on any atom is -0.744 e. The van der Waals surface area contributed by atoms with Gasteiger partial charge >= 0.3 is 103 Å². The Hall–Kier alpha value is 1.13. The van der Waals surface area contributed by atoms with Crippen molar-refractivity contribution in [1.29, 1.82) is 0 Å². The summed E-state index contributed by atoms with van der Waals surface area (Å²) in [6.07, 6.45) is 0. The summed E-state index contributed by atoms with van der Waals surface area (Å²) >= 11 is 0.